The molecule has 0 aromatic heterocycles. The van der Waals surface area contributed by atoms with Gasteiger partial charge in [0.15, 0.2) is 0 Å². The molecule has 0 bridgehead atoms. The summed E-state index contributed by atoms with van der Waals surface area (Å²) in [7, 11) is 0. The van der Waals surface area contributed by atoms with Crippen LogP contribution in [0.2, 0.25) is 0 Å². The molecule has 14 heavy (non-hydrogen) atoms. The smallest absolute Gasteiger partial charge is 0.240 e. The van der Waals surface area contributed by atoms with Crippen molar-refractivity contribution in [2.24, 2.45) is 0 Å². The van der Waals surface area contributed by atoms with Crippen molar-refractivity contribution in [1.82, 2.24) is 5.48 Å². The number of amides is 1. The van der Waals surface area contributed by atoms with Crippen LogP contribution in [-0.2, 0) is 16.1 Å². The van der Waals surface area contributed by atoms with E-state index in [0.717, 1.165) is 6.42 Å². The minimum absolute atomic E-state index is 0.171. The Kier molecular flexibility index (Phi) is 4.13. The lowest BCUT2D eigenvalue weighted by molar-refractivity contribution is -0.131. The highest BCUT2D eigenvalue weighted by Gasteiger charge is 1.97. The van der Waals surface area contributed by atoms with E-state index in [1.54, 1.807) is 0 Å². The molecule has 0 aliphatic heterocycles. The van der Waals surface area contributed by atoms with E-state index in [2.05, 4.69) is 24.5 Å². The van der Waals surface area contributed by atoms with Gasteiger partial charge < -0.3 is 0 Å². The van der Waals surface area contributed by atoms with E-state index >= 15 is 0 Å². The van der Waals surface area contributed by atoms with E-state index in [0.29, 0.717) is 6.61 Å². The molecule has 1 amide bonds. The zero-order valence-corrected chi connectivity index (χ0v) is 8.54. The van der Waals surface area contributed by atoms with Gasteiger partial charge in [-0.15, -0.1) is 0 Å². The molecular weight excluding hydrogens is 178 g/mol. The molecule has 1 rings (SSSR count). The first-order chi connectivity index (χ1) is 6.70. The van der Waals surface area contributed by atoms with Gasteiger partial charge in [-0.05, 0) is 24.5 Å². The van der Waals surface area contributed by atoms with E-state index in [9.17, 15) is 4.79 Å². The number of aryl methyl sites for hydroxylation is 1. The van der Waals surface area contributed by atoms with Crippen molar-refractivity contribution in [3.63, 3.8) is 0 Å². The minimum Gasteiger partial charge on any atom is -0.273 e. The molecule has 0 aliphatic carbocycles. The van der Waals surface area contributed by atoms with Gasteiger partial charge in [-0.1, -0.05) is 24.3 Å². The molecule has 76 valence electrons. The number of hydroxylamine groups is 1. The molecular formula is C11H15NO2. The van der Waals surface area contributed by atoms with Gasteiger partial charge in [-0.25, -0.2) is 5.48 Å². The van der Waals surface area contributed by atoms with E-state index in [-0.39, 0.29) is 5.91 Å². The van der Waals surface area contributed by atoms with Crippen molar-refractivity contribution in [2.45, 2.75) is 20.3 Å². The van der Waals surface area contributed by atoms with Crippen molar-refractivity contribution >= 4 is 5.91 Å². The second kappa shape index (κ2) is 5.40. The van der Waals surface area contributed by atoms with Gasteiger partial charge in [-0.2, -0.15) is 0 Å². The van der Waals surface area contributed by atoms with Crippen molar-refractivity contribution in [3.05, 3.63) is 35.4 Å². The number of rotatable bonds is 4. The fourth-order valence-corrected chi connectivity index (χ4v) is 1.20. The third-order valence-corrected chi connectivity index (χ3v) is 1.95. The third kappa shape index (κ3) is 3.58. The molecule has 0 saturated heterocycles. The van der Waals surface area contributed by atoms with Crippen LogP contribution < -0.4 is 5.48 Å². The van der Waals surface area contributed by atoms with Crippen LogP contribution >= 0.6 is 0 Å². The molecule has 1 aromatic carbocycles. The Morgan fingerprint density at radius 3 is 2.79 bits per heavy atom. The first kappa shape index (κ1) is 10.7. The second-order valence-corrected chi connectivity index (χ2v) is 3.18. The summed E-state index contributed by atoms with van der Waals surface area (Å²) in [6.07, 6.45) is 0.812. The molecule has 1 aromatic rings. The normalized spacial score (nSPS) is 9.86. The van der Waals surface area contributed by atoms with Crippen LogP contribution in [0.4, 0.5) is 0 Å². The summed E-state index contributed by atoms with van der Waals surface area (Å²) in [4.78, 5) is 15.4. The number of nitrogens with one attached hydrogen (secondary N) is 1. The van der Waals surface area contributed by atoms with E-state index in [1.807, 2.05) is 12.1 Å². The Morgan fingerprint density at radius 2 is 2.14 bits per heavy atom. The lowest BCUT2D eigenvalue weighted by Crippen LogP contribution is -2.21. The van der Waals surface area contributed by atoms with Crippen LogP contribution in [-0.4, -0.2) is 12.5 Å². The van der Waals surface area contributed by atoms with Crippen LogP contribution in [0.5, 0.6) is 0 Å². The van der Waals surface area contributed by atoms with Crippen LogP contribution in [0.25, 0.3) is 0 Å². The van der Waals surface area contributed by atoms with Gasteiger partial charge in [0.25, 0.3) is 0 Å². The van der Waals surface area contributed by atoms with E-state index in [1.165, 1.54) is 18.1 Å². The Bertz CT molecular complexity index is 310. The molecule has 3 nitrogen and oxygen atoms in total. The molecule has 0 radical (unpaired) electrons. The molecule has 0 heterocycles. The van der Waals surface area contributed by atoms with Crippen molar-refractivity contribution in [1.29, 1.82) is 0 Å². The van der Waals surface area contributed by atoms with Crippen LogP contribution in [0.3, 0.4) is 0 Å². The molecule has 0 atom stereocenters. The molecule has 1 N–H and O–H groups in total. The van der Waals surface area contributed by atoms with Crippen molar-refractivity contribution in [2.75, 3.05) is 6.61 Å². The van der Waals surface area contributed by atoms with Gasteiger partial charge in [0.1, 0.15) is 0 Å². The minimum atomic E-state index is -0.171. The predicted molar refractivity (Wildman–Crippen MR) is 54.7 cm³/mol. The predicted octanol–water partition coefficient (Wildman–Crippen LogP) is 1.61. The Morgan fingerprint density at radius 1 is 1.43 bits per heavy atom. The number of hydrogen-bond donors (Lipinski definition) is 1. The summed E-state index contributed by atoms with van der Waals surface area (Å²) in [6, 6.07) is 8.13. The van der Waals surface area contributed by atoms with Crippen LogP contribution in [0.1, 0.15) is 18.1 Å². The lowest BCUT2D eigenvalue weighted by atomic mass is 10.1. The van der Waals surface area contributed by atoms with Crippen molar-refractivity contribution in [3.8, 4) is 0 Å². The maximum atomic E-state index is 10.5. The lowest BCUT2D eigenvalue weighted by Gasteiger charge is -2.05. The van der Waals surface area contributed by atoms with Crippen LogP contribution in [0.15, 0.2) is 24.3 Å². The van der Waals surface area contributed by atoms with Crippen molar-refractivity contribution < 1.29 is 9.63 Å². The van der Waals surface area contributed by atoms with Gasteiger partial charge in [0, 0.05) is 6.92 Å². The SMILES string of the molecule is CC(=O)NOCCc1ccccc1C. The topological polar surface area (TPSA) is 38.3 Å². The maximum Gasteiger partial charge on any atom is 0.240 e. The first-order valence-corrected chi connectivity index (χ1v) is 4.63. The monoisotopic (exact) mass is 193 g/mol. The molecule has 0 unspecified atom stereocenters. The highest BCUT2D eigenvalue weighted by atomic mass is 16.6. The van der Waals surface area contributed by atoms with Crippen LogP contribution in [0, 0.1) is 6.92 Å². The Labute approximate surface area is 84.0 Å². The number of benzene rings is 1. The zero-order chi connectivity index (χ0) is 10.4. The quantitative estimate of drug-likeness (QED) is 0.582. The van der Waals surface area contributed by atoms with Gasteiger partial charge in [-0.3, -0.25) is 9.63 Å². The van der Waals surface area contributed by atoms with Gasteiger partial charge in [0.2, 0.25) is 5.91 Å². The standard InChI is InChI=1S/C11H15NO2/c1-9-5-3-4-6-11(9)7-8-14-12-10(2)13/h3-6H,7-8H2,1-2H3,(H,12,13). The fourth-order valence-electron chi connectivity index (χ4n) is 1.20. The molecule has 0 saturated carbocycles. The third-order valence-electron chi connectivity index (χ3n) is 1.95. The largest absolute Gasteiger partial charge is 0.273 e. The number of hydrogen-bond acceptors (Lipinski definition) is 2. The summed E-state index contributed by atoms with van der Waals surface area (Å²) in [6.45, 7) is 3.99. The summed E-state index contributed by atoms with van der Waals surface area (Å²) in [5.74, 6) is -0.171. The van der Waals surface area contributed by atoms with Gasteiger partial charge >= 0.3 is 0 Å². The molecule has 0 fully saturated rings. The molecule has 0 spiro atoms. The maximum absolute atomic E-state index is 10.5. The summed E-state index contributed by atoms with van der Waals surface area (Å²) >= 11 is 0. The average Bonchev–Trinajstić information content (AvgIpc) is 2.15. The zero-order valence-electron chi connectivity index (χ0n) is 8.54. The highest BCUT2D eigenvalue weighted by Crippen LogP contribution is 2.07. The number of carbonyl (C=O) groups is 1. The summed E-state index contributed by atoms with van der Waals surface area (Å²) < 4.78 is 0. The second-order valence-electron chi connectivity index (χ2n) is 3.18. The van der Waals surface area contributed by atoms with E-state index in [4.69, 9.17) is 4.84 Å². The molecule has 3 heteroatoms. The Hall–Kier alpha value is -1.35. The summed E-state index contributed by atoms with van der Waals surface area (Å²) in [5, 5.41) is 0. The first-order valence-electron chi connectivity index (χ1n) is 4.63. The summed E-state index contributed by atoms with van der Waals surface area (Å²) in [5.41, 5.74) is 4.79. The molecule has 0 aliphatic rings. The Balaban J connectivity index is 2.31. The fraction of sp³-hybridized carbons (Fsp3) is 0.364. The van der Waals surface area contributed by atoms with Gasteiger partial charge in [0.05, 0.1) is 6.61 Å². The van der Waals surface area contributed by atoms with E-state index < -0.39 is 0 Å². The average molecular weight is 193 g/mol. The highest BCUT2D eigenvalue weighted by molar-refractivity contribution is 5.71. The number of carbonyl (C=O) groups excluding carboxylic acids is 1.